The number of rotatable bonds is 6. The van der Waals surface area contributed by atoms with Crippen molar-refractivity contribution in [1.29, 1.82) is 5.41 Å². The molecule has 4 nitrogen and oxygen atoms in total. The summed E-state index contributed by atoms with van der Waals surface area (Å²) in [6.07, 6.45) is 0.499. The fourth-order valence-electron chi connectivity index (χ4n) is 2.05. The highest BCUT2D eigenvalue weighted by atomic mass is 19.1. The summed E-state index contributed by atoms with van der Waals surface area (Å²) in [6.45, 7) is 0.216. The molecule has 2 rings (SSSR count). The van der Waals surface area contributed by atoms with Gasteiger partial charge in [-0.1, -0.05) is 24.3 Å². The SMILES string of the molecule is N=C(N)c1cc(F)ccc1COc1ccccc1CCO. The second kappa shape index (κ2) is 6.85. The van der Waals surface area contributed by atoms with Crippen LogP contribution in [0.25, 0.3) is 0 Å². The minimum atomic E-state index is -0.440. The monoisotopic (exact) mass is 288 g/mol. The third-order valence-corrected chi connectivity index (χ3v) is 3.10. The Kier molecular flexibility index (Phi) is 4.90. The largest absolute Gasteiger partial charge is 0.489 e. The number of para-hydroxylation sites is 1. The highest BCUT2D eigenvalue weighted by Gasteiger charge is 2.09. The minimum absolute atomic E-state index is 0.0373. The summed E-state index contributed by atoms with van der Waals surface area (Å²) in [4.78, 5) is 0. The van der Waals surface area contributed by atoms with E-state index in [1.54, 1.807) is 6.07 Å². The van der Waals surface area contributed by atoms with Crippen molar-refractivity contribution in [3.63, 3.8) is 0 Å². The maximum atomic E-state index is 13.2. The van der Waals surface area contributed by atoms with Crippen molar-refractivity contribution in [1.82, 2.24) is 0 Å². The molecule has 0 aliphatic carbocycles. The second-order valence-corrected chi connectivity index (χ2v) is 4.59. The van der Waals surface area contributed by atoms with Crippen LogP contribution in [0.2, 0.25) is 0 Å². The Morgan fingerprint density at radius 1 is 1.19 bits per heavy atom. The van der Waals surface area contributed by atoms with Gasteiger partial charge >= 0.3 is 0 Å². The topological polar surface area (TPSA) is 79.3 Å². The van der Waals surface area contributed by atoms with Gasteiger partial charge in [0.15, 0.2) is 0 Å². The van der Waals surface area contributed by atoms with Gasteiger partial charge in [-0.2, -0.15) is 0 Å². The normalized spacial score (nSPS) is 10.4. The van der Waals surface area contributed by atoms with Crippen molar-refractivity contribution >= 4 is 5.84 Å². The molecule has 0 aromatic heterocycles. The summed E-state index contributed by atoms with van der Waals surface area (Å²) in [7, 11) is 0. The van der Waals surface area contributed by atoms with Gasteiger partial charge in [0.2, 0.25) is 0 Å². The quantitative estimate of drug-likeness (QED) is 0.563. The molecule has 2 aromatic carbocycles. The highest BCUT2D eigenvalue weighted by Crippen LogP contribution is 2.21. The van der Waals surface area contributed by atoms with E-state index in [0.717, 1.165) is 5.56 Å². The van der Waals surface area contributed by atoms with Crippen LogP contribution in [0.3, 0.4) is 0 Å². The zero-order valence-corrected chi connectivity index (χ0v) is 11.5. The molecule has 110 valence electrons. The maximum absolute atomic E-state index is 13.2. The second-order valence-electron chi connectivity index (χ2n) is 4.59. The summed E-state index contributed by atoms with van der Waals surface area (Å²) >= 11 is 0. The van der Waals surface area contributed by atoms with Gasteiger partial charge in [0.1, 0.15) is 24.0 Å². The molecular formula is C16H17FN2O2. The number of nitrogens with two attached hydrogens (primary N) is 1. The van der Waals surface area contributed by atoms with Crippen LogP contribution in [-0.4, -0.2) is 17.5 Å². The molecule has 0 fully saturated rings. The van der Waals surface area contributed by atoms with Crippen molar-refractivity contribution in [2.24, 2.45) is 5.73 Å². The van der Waals surface area contributed by atoms with E-state index in [1.807, 2.05) is 24.3 Å². The Morgan fingerprint density at radius 2 is 1.95 bits per heavy atom. The number of hydrogen-bond acceptors (Lipinski definition) is 3. The van der Waals surface area contributed by atoms with Gasteiger partial charge in [-0.15, -0.1) is 0 Å². The van der Waals surface area contributed by atoms with Gasteiger partial charge in [-0.05, 0) is 30.2 Å². The first-order chi connectivity index (χ1) is 10.1. The molecule has 4 N–H and O–H groups in total. The summed E-state index contributed by atoms with van der Waals surface area (Å²) in [5.74, 6) is 0.0201. The minimum Gasteiger partial charge on any atom is -0.489 e. The van der Waals surface area contributed by atoms with E-state index in [0.29, 0.717) is 23.3 Å². The number of amidine groups is 1. The molecule has 0 saturated heterocycles. The molecule has 0 heterocycles. The predicted octanol–water partition coefficient (Wildman–Crippen LogP) is 2.22. The third kappa shape index (κ3) is 3.79. The standard InChI is InChI=1S/C16H17FN2O2/c17-13-6-5-12(14(9-13)16(18)19)10-21-15-4-2-1-3-11(15)7-8-20/h1-6,9,20H,7-8,10H2,(H3,18,19). The number of ether oxygens (including phenoxy) is 1. The molecule has 0 bridgehead atoms. The molecular weight excluding hydrogens is 271 g/mol. The van der Waals surface area contributed by atoms with Crippen LogP contribution in [-0.2, 0) is 13.0 Å². The molecule has 0 unspecified atom stereocenters. The van der Waals surface area contributed by atoms with Gasteiger partial charge in [-0.25, -0.2) is 4.39 Å². The lowest BCUT2D eigenvalue weighted by atomic mass is 10.1. The first-order valence-electron chi connectivity index (χ1n) is 6.56. The van der Waals surface area contributed by atoms with E-state index < -0.39 is 5.82 Å². The summed E-state index contributed by atoms with van der Waals surface area (Å²) in [6, 6.07) is 11.5. The molecule has 0 spiro atoms. The molecule has 0 aliphatic rings. The smallest absolute Gasteiger partial charge is 0.123 e. The molecule has 0 radical (unpaired) electrons. The number of hydrogen-bond donors (Lipinski definition) is 3. The molecule has 2 aromatic rings. The highest BCUT2D eigenvalue weighted by molar-refractivity contribution is 5.96. The first kappa shape index (κ1) is 15.0. The first-order valence-corrected chi connectivity index (χ1v) is 6.56. The van der Waals surface area contributed by atoms with Crippen molar-refractivity contribution in [2.45, 2.75) is 13.0 Å². The lowest BCUT2D eigenvalue weighted by Crippen LogP contribution is -2.15. The average Bonchev–Trinajstić information content (AvgIpc) is 2.47. The van der Waals surface area contributed by atoms with Gasteiger partial charge < -0.3 is 15.6 Å². The van der Waals surface area contributed by atoms with E-state index in [-0.39, 0.29) is 19.0 Å². The third-order valence-electron chi connectivity index (χ3n) is 3.10. The van der Waals surface area contributed by atoms with Crippen molar-refractivity contribution < 1.29 is 14.2 Å². The zero-order chi connectivity index (χ0) is 15.2. The average molecular weight is 288 g/mol. The summed E-state index contributed by atoms with van der Waals surface area (Å²) in [5, 5.41) is 16.5. The van der Waals surface area contributed by atoms with Crippen molar-refractivity contribution in [3.8, 4) is 5.75 Å². The summed E-state index contributed by atoms with van der Waals surface area (Å²) in [5.41, 5.74) is 7.32. The van der Waals surface area contributed by atoms with Crippen LogP contribution in [0.5, 0.6) is 5.75 Å². The van der Waals surface area contributed by atoms with Crippen LogP contribution >= 0.6 is 0 Å². The van der Waals surface area contributed by atoms with Gasteiger partial charge in [0, 0.05) is 17.7 Å². The van der Waals surface area contributed by atoms with Gasteiger partial charge in [0.05, 0.1) is 0 Å². The lowest BCUT2D eigenvalue weighted by Gasteiger charge is -2.13. The van der Waals surface area contributed by atoms with Gasteiger partial charge in [-0.3, -0.25) is 5.41 Å². The van der Waals surface area contributed by atoms with Crippen LogP contribution in [0.4, 0.5) is 4.39 Å². The van der Waals surface area contributed by atoms with E-state index in [2.05, 4.69) is 0 Å². The molecule has 0 saturated carbocycles. The number of aliphatic hydroxyl groups excluding tert-OH is 1. The number of nitrogens with one attached hydrogen (secondary N) is 1. The zero-order valence-electron chi connectivity index (χ0n) is 11.5. The van der Waals surface area contributed by atoms with E-state index >= 15 is 0 Å². The fraction of sp³-hybridized carbons (Fsp3) is 0.188. The molecule has 0 atom stereocenters. The number of aliphatic hydroxyl groups is 1. The lowest BCUT2D eigenvalue weighted by molar-refractivity contribution is 0.284. The Balaban J connectivity index is 2.19. The van der Waals surface area contributed by atoms with Gasteiger partial charge in [0.25, 0.3) is 0 Å². The summed E-state index contributed by atoms with van der Waals surface area (Å²) < 4.78 is 18.9. The number of nitrogen functional groups attached to an aromatic ring is 1. The van der Waals surface area contributed by atoms with Crippen LogP contribution in [0.1, 0.15) is 16.7 Å². The Morgan fingerprint density at radius 3 is 2.67 bits per heavy atom. The molecule has 0 aliphatic heterocycles. The van der Waals surface area contributed by atoms with Crippen LogP contribution in [0, 0.1) is 11.2 Å². The molecule has 21 heavy (non-hydrogen) atoms. The van der Waals surface area contributed by atoms with E-state index in [9.17, 15) is 4.39 Å². The molecule has 0 amide bonds. The Bertz CT molecular complexity index is 644. The van der Waals surface area contributed by atoms with E-state index in [4.69, 9.17) is 21.0 Å². The molecule has 5 heteroatoms. The number of benzene rings is 2. The van der Waals surface area contributed by atoms with Crippen molar-refractivity contribution in [3.05, 3.63) is 65.0 Å². The Hall–Kier alpha value is -2.40. The predicted molar refractivity (Wildman–Crippen MR) is 79.0 cm³/mol. The van der Waals surface area contributed by atoms with E-state index in [1.165, 1.54) is 12.1 Å². The number of halogens is 1. The maximum Gasteiger partial charge on any atom is 0.123 e. The van der Waals surface area contributed by atoms with Crippen LogP contribution in [0.15, 0.2) is 42.5 Å². The van der Waals surface area contributed by atoms with Crippen molar-refractivity contribution in [2.75, 3.05) is 6.61 Å². The Labute approximate surface area is 122 Å². The fourth-order valence-corrected chi connectivity index (χ4v) is 2.05. The van der Waals surface area contributed by atoms with Crippen LogP contribution < -0.4 is 10.5 Å².